The zero-order valence-electron chi connectivity index (χ0n) is 10.5. The number of ether oxygens (including phenoxy) is 1. The first kappa shape index (κ1) is 13.1. The molecular weight excluding hydrogens is 240 g/mol. The van der Waals surface area contributed by atoms with Crippen molar-refractivity contribution in [3.63, 3.8) is 0 Å². The third-order valence-electron chi connectivity index (χ3n) is 2.54. The van der Waals surface area contributed by atoms with E-state index in [9.17, 15) is 4.79 Å². The van der Waals surface area contributed by atoms with Crippen molar-refractivity contribution in [2.75, 3.05) is 0 Å². The van der Waals surface area contributed by atoms with Gasteiger partial charge in [-0.1, -0.05) is 60.7 Å². The van der Waals surface area contributed by atoms with E-state index < -0.39 is 6.09 Å². The van der Waals surface area contributed by atoms with Gasteiger partial charge in [0.25, 0.3) is 0 Å². The fourth-order valence-electron chi connectivity index (χ4n) is 1.57. The molecule has 0 heterocycles. The third-order valence-corrected chi connectivity index (χ3v) is 2.54. The maximum Gasteiger partial charge on any atom is 0.421 e. The minimum atomic E-state index is -0.486. The summed E-state index contributed by atoms with van der Waals surface area (Å²) in [6, 6.07) is 19.4. The summed E-state index contributed by atoms with van der Waals surface area (Å²) in [4.78, 5) is 11.4. The fraction of sp³-hybridized carbons (Fsp3) is 0.133. The number of nitrogens with one attached hydrogen (secondary N) is 2. The summed E-state index contributed by atoms with van der Waals surface area (Å²) in [6.45, 7) is 0.820. The van der Waals surface area contributed by atoms with E-state index in [0.29, 0.717) is 6.54 Å². The van der Waals surface area contributed by atoms with Crippen molar-refractivity contribution in [3.05, 3.63) is 71.8 Å². The van der Waals surface area contributed by atoms with E-state index in [1.165, 1.54) is 0 Å². The first-order valence-electron chi connectivity index (χ1n) is 6.08. The predicted octanol–water partition coefficient (Wildman–Crippen LogP) is 2.62. The second-order valence-corrected chi connectivity index (χ2v) is 4.03. The molecule has 0 radical (unpaired) electrons. The van der Waals surface area contributed by atoms with Gasteiger partial charge in [-0.25, -0.2) is 10.2 Å². The van der Waals surface area contributed by atoms with Crippen molar-refractivity contribution in [3.8, 4) is 0 Å². The lowest BCUT2D eigenvalue weighted by Crippen LogP contribution is -2.37. The monoisotopic (exact) mass is 256 g/mol. The molecule has 4 nitrogen and oxygen atoms in total. The minimum absolute atomic E-state index is 0.264. The van der Waals surface area contributed by atoms with Crippen LogP contribution in [0.1, 0.15) is 11.1 Å². The van der Waals surface area contributed by atoms with Gasteiger partial charge in [-0.05, 0) is 11.1 Å². The zero-order valence-corrected chi connectivity index (χ0v) is 10.5. The molecule has 0 atom stereocenters. The Balaban J connectivity index is 1.65. The van der Waals surface area contributed by atoms with E-state index in [-0.39, 0.29) is 6.61 Å². The Morgan fingerprint density at radius 2 is 1.47 bits per heavy atom. The Labute approximate surface area is 112 Å². The molecule has 0 spiro atoms. The lowest BCUT2D eigenvalue weighted by Gasteiger charge is -2.08. The van der Waals surface area contributed by atoms with Gasteiger partial charge in [-0.15, -0.1) is 0 Å². The molecule has 0 aromatic heterocycles. The van der Waals surface area contributed by atoms with Crippen molar-refractivity contribution in [2.45, 2.75) is 13.2 Å². The van der Waals surface area contributed by atoms with Crippen LogP contribution in [-0.2, 0) is 17.9 Å². The van der Waals surface area contributed by atoms with Gasteiger partial charge in [-0.2, -0.15) is 0 Å². The maximum absolute atomic E-state index is 11.4. The van der Waals surface area contributed by atoms with Gasteiger partial charge in [0.05, 0.1) is 0 Å². The van der Waals surface area contributed by atoms with Crippen LogP contribution in [0.15, 0.2) is 60.7 Å². The van der Waals surface area contributed by atoms with Gasteiger partial charge in [0, 0.05) is 6.54 Å². The number of carbonyl (C=O) groups excluding carboxylic acids is 1. The summed E-state index contributed by atoms with van der Waals surface area (Å²) in [5.74, 6) is 0. The lowest BCUT2D eigenvalue weighted by molar-refractivity contribution is 0.134. The number of hydrogen-bond acceptors (Lipinski definition) is 3. The smallest absolute Gasteiger partial charge is 0.421 e. The van der Waals surface area contributed by atoms with Crippen LogP contribution in [0.3, 0.4) is 0 Å². The minimum Gasteiger partial charge on any atom is -0.444 e. The number of amides is 1. The summed E-state index contributed by atoms with van der Waals surface area (Å²) in [6.07, 6.45) is -0.486. The van der Waals surface area contributed by atoms with Crippen molar-refractivity contribution < 1.29 is 9.53 Å². The van der Waals surface area contributed by atoms with Gasteiger partial charge >= 0.3 is 6.09 Å². The molecule has 0 aliphatic heterocycles. The average Bonchev–Trinajstić information content (AvgIpc) is 2.47. The molecule has 0 saturated heterocycles. The van der Waals surface area contributed by atoms with Crippen LogP contribution in [0.2, 0.25) is 0 Å². The summed E-state index contributed by atoms with van der Waals surface area (Å²) in [5.41, 5.74) is 7.35. The quantitative estimate of drug-likeness (QED) is 0.808. The number of benzene rings is 2. The van der Waals surface area contributed by atoms with Crippen LogP contribution in [0.25, 0.3) is 0 Å². The maximum atomic E-state index is 11.4. The van der Waals surface area contributed by atoms with Crippen LogP contribution >= 0.6 is 0 Å². The van der Waals surface area contributed by atoms with Crippen molar-refractivity contribution in [1.82, 2.24) is 10.9 Å². The van der Waals surface area contributed by atoms with E-state index in [2.05, 4.69) is 10.9 Å². The zero-order chi connectivity index (χ0) is 13.3. The Morgan fingerprint density at radius 3 is 2.11 bits per heavy atom. The van der Waals surface area contributed by atoms with Gasteiger partial charge in [0.15, 0.2) is 0 Å². The predicted molar refractivity (Wildman–Crippen MR) is 73.0 cm³/mol. The summed E-state index contributed by atoms with van der Waals surface area (Å²) in [5, 5.41) is 0. The van der Waals surface area contributed by atoms with Crippen molar-refractivity contribution >= 4 is 6.09 Å². The molecule has 2 N–H and O–H groups in total. The Bertz CT molecular complexity index is 500. The molecule has 98 valence electrons. The average molecular weight is 256 g/mol. The number of carbonyl (C=O) groups is 1. The Kier molecular flexibility index (Phi) is 4.96. The van der Waals surface area contributed by atoms with E-state index in [0.717, 1.165) is 11.1 Å². The largest absolute Gasteiger partial charge is 0.444 e. The highest BCUT2D eigenvalue weighted by atomic mass is 16.6. The molecule has 2 rings (SSSR count). The SMILES string of the molecule is O=C(NNCc1ccccc1)OCc1ccccc1. The molecule has 19 heavy (non-hydrogen) atoms. The molecule has 2 aromatic rings. The molecule has 0 saturated carbocycles. The highest BCUT2D eigenvalue weighted by molar-refractivity contribution is 5.66. The number of hydrogen-bond donors (Lipinski definition) is 2. The molecule has 0 unspecified atom stereocenters. The number of hydrazine groups is 1. The number of rotatable bonds is 5. The van der Waals surface area contributed by atoms with Crippen LogP contribution in [0, 0.1) is 0 Å². The molecule has 0 bridgehead atoms. The van der Waals surface area contributed by atoms with Crippen molar-refractivity contribution in [1.29, 1.82) is 0 Å². The lowest BCUT2D eigenvalue weighted by atomic mass is 10.2. The molecule has 0 fully saturated rings. The van der Waals surface area contributed by atoms with E-state index in [1.807, 2.05) is 60.7 Å². The summed E-state index contributed by atoms with van der Waals surface area (Å²) < 4.78 is 5.05. The van der Waals surface area contributed by atoms with E-state index >= 15 is 0 Å². The topological polar surface area (TPSA) is 50.4 Å². The molecular formula is C15H16N2O2. The summed E-state index contributed by atoms with van der Waals surface area (Å²) >= 11 is 0. The molecule has 1 amide bonds. The van der Waals surface area contributed by atoms with E-state index in [4.69, 9.17) is 4.74 Å². The van der Waals surface area contributed by atoms with Crippen LogP contribution in [0.5, 0.6) is 0 Å². The van der Waals surface area contributed by atoms with Gasteiger partial charge in [-0.3, -0.25) is 5.43 Å². The van der Waals surface area contributed by atoms with Crippen LogP contribution in [-0.4, -0.2) is 6.09 Å². The highest BCUT2D eigenvalue weighted by Gasteiger charge is 2.01. The second kappa shape index (κ2) is 7.18. The Hall–Kier alpha value is -2.33. The van der Waals surface area contributed by atoms with Crippen LogP contribution < -0.4 is 10.9 Å². The Morgan fingerprint density at radius 1 is 0.895 bits per heavy atom. The van der Waals surface area contributed by atoms with Crippen molar-refractivity contribution in [2.24, 2.45) is 0 Å². The second-order valence-electron chi connectivity index (χ2n) is 4.03. The van der Waals surface area contributed by atoms with Gasteiger partial charge in [0.2, 0.25) is 0 Å². The normalized spacial score (nSPS) is 9.89. The summed E-state index contributed by atoms with van der Waals surface area (Å²) in [7, 11) is 0. The molecule has 0 aliphatic carbocycles. The van der Waals surface area contributed by atoms with Gasteiger partial charge < -0.3 is 4.74 Å². The third kappa shape index (κ3) is 4.81. The molecule has 2 aromatic carbocycles. The first-order valence-corrected chi connectivity index (χ1v) is 6.08. The molecule has 0 aliphatic rings. The van der Waals surface area contributed by atoms with E-state index in [1.54, 1.807) is 0 Å². The fourth-order valence-corrected chi connectivity index (χ4v) is 1.57. The first-order chi connectivity index (χ1) is 9.34. The molecule has 4 heteroatoms. The van der Waals surface area contributed by atoms with Gasteiger partial charge in [0.1, 0.15) is 6.61 Å². The highest BCUT2D eigenvalue weighted by Crippen LogP contribution is 2.00. The van der Waals surface area contributed by atoms with Crippen LogP contribution in [0.4, 0.5) is 4.79 Å². The standard InChI is InChI=1S/C15H16N2O2/c18-15(19-12-14-9-5-2-6-10-14)17-16-11-13-7-3-1-4-8-13/h1-10,16H,11-12H2,(H,17,18).